The molecule has 0 unspecified atom stereocenters. The minimum atomic E-state index is -0.479. The van der Waals surface area contributed by atoms with E-state index in [9.17, 15) is 4.79 Å². The first-order chi connectivity index (χ1) is 12.9. The zero-order valence-corrected chi connectivity index (χ0v) is 15.9. The molecule has 3 aromatic rings. The first-order valence-corrected chi connectivity index (χ1v) is 8.98. The van der Waals surface area contributed by atoms with Crippen LogP contribution in [0.3, 0.4) is 0 Å². The molecule has 0 amide bonds. The number of H-pyrrole nitrogens is 1. The van der Waals surface area contributed by atoms with E-state index >= 15 is 0 Å². The van der Waals surface area contributed by atoms with Crippen LogP contribution in [0.15, 0.2) is 66.9 Å². The molecule has 0 fully saturated rings. The lowest BCUT2D eigenvalue weighted by molar-refractivity contribution is -0.148. The summed E-state index contributed by atoms with van der Waals surface area (Å²) in [7, 11) is 0. The highest BCUT2D eigenvalue weighted by Gasteiger charge is 2.13. The minimum absolute atomic E-state index is 0.337. The Morgan fingerprint density at radius 1 is 1.07 bits per heavy atom. The zero-order valence-electron chi connectivity index (χ0n) is 15.9. The molecule has 1 heterocycles. The molecular formula is C23H24N2O2. The number of ether oxygens (including phenoxy) is 1. The van der Waals surface area contributed by atoms with Gasteiger partial charge < -0.3 is 9.72 Å². The Morgan fingerprint density at radius 3 is 2.44 bits per heavy atom. The predicted octanol–water partition coefficient (Wildman–Crippen LogP) is 5.02. The van der Waals surface area contributed by atoms with Crippen LogP contribution in [0.2, 0.25) is 0 Å². The summed E-state index contributed by atoms with van der Waals surface area (Å²) in [5.41, 5.74) is 3.77. The van der Waals surface area contributed by atoms with Gasteiger partial charge in [0.05, 0.1) is 11.9 Å². The third kappa shape index (κ3) is 5.68. The van der Waals surface area contributed by atoms with Gasteiger partial charge in [0.1, 0.15) is 11.4 Å². The summed E-state index contributed by atoms with van der Waals surface area (Å²) in [4.78, 5) is 19.6. The third-order valence-corrected chi connectivity index (χ3v) is 3.88. The molecule has 3 rings (SSSR count). The van der Waals surface area contributed by atoms with Gasteiger partial charge in [0.25, 0.3) is 0 Å². The number of hydrogen-bond acceptors (Lipinski definition) is 3. The van der Waals surface area contributed by atoms with E-state index in [1.165, 1.54) is 6.08 Å². The lowest BCUT2D eigenvalue weighted by atomic mass is 10.1. The van der Waals surface area contributed by atoms with Crippen molar-refractivity contribution >= 4 is 12.0 Å². The molecule has 27 heavy (non-hydrogen) atoms. The molecule has 2 aromatic carbocycles. The molecule has 0 saturated carbocycles. The molecule has 138 valence electrons. The first kappa shape index (κ1) is 18.6. The van der Waals surface area contributed by atoms with Gasteiger partial charge in [-0.25, -0.2) is 9.78 Å². The molecule has 0 saturated heterocycles. The van der Waals surface area contributed by atoms with E-state index in [1.54, 1.807) is 6.08 Å². The Labute approximate surface area is 159 Å². The second-order valence-electron chi connectivity index (χ2n) is 7.39. The van der Waals surface area contributed by atoms with Crippen LogP contribution < -0.4 is 0 Å². The lowest BCUT2D eigenvalue weighted by Crippen LogP contribution is -2.22. The third-order valence-electron chi connectivity index (χ3n) is 3.88. The van der Waals surface area contributed by atoms with E-state index in [-0.39, 0.29) is 5.97 Å². The van der Waals surface area contributed by atoms with Gasteiger partial charge in [-0.05, 0) is 43.5 Å². The standard InChI is InChI=1S/C23H24N2O2/c1-23(2,3)27-22(26)14-13-17-9-11-18(12-10-17)15-21-24-16-20(25-21)19-7-5-4-6-8-19/h4-14,16H,15H2,1-3H3,(H,24,25)/b14-13+. The van der Waals surface area contributed by atoms with Crippen molar-refractivity contribution in [2.45, 2.75) is 32.8 Å². The summed E-state index contributed by atoms with van der Waals surface area (Å²) in [6.45, 7) is 5.56. The summed E-state index contributed by atoms with van der Waals surface area (Å²) in [6, 6.07) is 18.2. The maximum absolute atomic E-state index is 11.7. The monoisotopic (exact) mass is 360 g/mol. The van der Waals surface area contributed by atoms with Gasteiger partial charge in [0.2, 0.25) is 0 Å². The average Bonchev–Trinajstić information content (AvgIpc) is 3.09. The van der Waals surface area contributed by atoms with Gasteiger partial charge in [-0.3, -0.25) is 0 Å². The van der Waals surface area contributed by atoms with Gasteiger partial charge in [0, 0.05) is 12.5 Å². The van der Waals surface area contributed by atoms with Crippen LogP contribution in [-0.2, 0) is 16.0 Å². The van der Waals surface area contributed by atoms with E-state index in [0.29, 0.717) is 0 Å². The summed E-state index contributed by atoms with van der Waals surface area (Å²) < 4.78 is 5.26. The molecule has 0 aliphatic rings. The largest absolute Gasteiger partial charge is 0.457 e. The highest BCUT2D eigenvalue weighted by Crippen LogP contribution is 2.18. The fourth-order valence-electron chi connectivity index (χ4n) is 2.66. The summed E-state index contributed by atoms with van der Waals surface area (Å²) in [6.07, 6.45) is 5.81. The number of carbonyl (C=O) groups excluding carboxylic acids is 1. The van der Waals surface area contributed by atoms with Gasteiger partial charge in [-0.15, -0.1) is 0 Å². The quantitative estimate of drug-likeness (QED) is 0.513. The molecule has 1 N–H and O–H groups in total. The van der Waals surface area contributed by atoms with Crippen LogP contribution in [0.4, 0.5) is 0 Å². The fraction of sp³-hybridized carbons (Fsp3) is 0.217. The molecular weight excluding hydrogens is 336 g/mol. The molecule has 0 radical (unpaired) electrons. The number of nitrogens with one attached hydrogen (secondary N) is 1. The van der Waals surface area contributed by atoms with Crippen molar-refractivity contribution in [2.75, 3.05) is 0 Å². The number of aromatic amines is 1. The van der Waals surface area contributed by atoms with Crippen molar-refractivity contribution in [3.63, 3.8) is 0 Å². The van der Waals surface area contributed by atoms with E-state index < -0.39 is 5.60 Å². The second kappa shape index (κ2) is 8.04. The van der Waals surface area contributed by atoms with Crippen molar-refractivity contribution in [1.82, 2.24) is 9.97 Å². The lowest BCUT2D eigenvalue weighted by Gasteiger charge is -2.17. The van der Waals surface area contributed by atoms with Crippen LogP contribution in [0, 0.1) is 0 Å². The van der Waals surface area contributed by atoms with Crippen LogP contribution in [0.1, 0.15) is 37.7 Å². The topological polar surface area (TPSA) is 55.0 Å². The normalized spacial score (nSPS) is 11.7. The second-order valence-corrected chi connectivity index (χ2v) is 7.39. The molecule has 4 nitrogen and oxygen atoms in total. The summed E-state index contributed by atoms with van der Waals surface area (Å²) in [5, 5.41) is 0. The van der Waals surface area contributed by atoms with Gasteiger partial charge >= 0.3 is 5.97 Å². The van der Waals surface area contributed by atoms with Crippen LogP contribution in [0.5, 0.6) is 0 Å². The zero-order chi connectivity index (χ0) is 19.3. The van der Waals surface area contributed by atoms with Crippen molar-refractivity contribution in [3.05, 3.63) is 83.8 Å². The Kier molecular flexibility index (Phi) is 5.55. The van der Waals surface area contributed by atoms with Crippen LogP contribution >= 0.6 is 0 Å². The Bertz CT molecular complexity index is 917. The van der Waals surface area contributed by atoms with E-state index in [1.807, 2.05) is 69.4 Å². The number of carbonyl (C=O) groups is 1. The molecule has 0 atom stereocenters. The van der Waals surface area contributed by atoms with Gasteiger partial charge in [-0.1, -0.05) is 54.6 Å². The number of nitrogens with zero attached hydrogens (tertiary/aromatic N) is 1. The van der Waals surface area contributed by atoms with Gasteiger partial charge in [0.15, 0.2) is 0 Å². The number of rotatable bonds is 5. The molecule has 0 aliphatic heterocycles. The molecule has 0 spiro atoms. The van der Waals surface area contributed by atoms with E-state index in [0.717, 1.165) is 34.6 Å². The smallest absolute Gasteiger partial charge is 0.331 e. The van der Waals surface area contributed by atoms with Crippen molar-refractivity contribution in [1.29, 1.82) is 0 Å². The molecule has 0 aliphatic carbocycles. The number of hydrogen-bond donors (Lipinski definition) is 1. The summed E-state index contributed by atoms with van der Waals surface area (Å²) in [5.74, 6) is 0.585. The SMILES string of the molecule is CC(C)(C)OC(=O)/C=C/c1ccc(Cc2ncc(-c3ccccc3)[nH]2)cc1. The van der Waals surface area contributed by atoms with Crippen molar-refractivity contribution < 1.29 is 9.53 Å². The van der Waals surface area contributed by atoms with Crippen molar-refractivity contribution in [2.24, 2.45) is 0 Å². The Hall–Kier alpha value is -3.14. The average molecular weight is 360 g/mol. The Morgan fingerprint density at radius 2 is 1.78 bits per heavy atom. The number of esters is 1. The van der Waals surface area contributed by atoms with E-state index in [4.69, 9.17) is 4.74 Å². The maximum atomic E-state index is 11.7. The van der Waals surface area contributed by atoms with E-state index in [2.05, 4.69) is 22.1 Å². The predicted molar refractivity (Wildman–Crippen MR) is 108 cm³/mol. The summed E-state index contributed by atoms with van der Waals surface area (Å²) >= 11 is 0. The molecule has 1 aromatic heterocycles. The van der Waals surface area contributed by atoms with Crippen molar-refractivity contribution in [3.8, 4) is 11.3 Å². The van der Waals surface area contributed by atoms with Crippen LogP contribution in [-0.4, -0.2) is 21.5 Å². The maximum Gasteiger partial charge on any atom is 0.331 e. The Balaban J connectivity index is 1.61. The first-order valence-electron chi connectivity index (χ1n) is 8.98. The number of aromatic nitrogens is 2. The molecule has 0 bridgehead atoms. The highest BCUT2D eigenvalue weighted by molar-refractivity contribution is 5.87. The number of benzene rings is 2. The highest BCUT2D eigenvalue weighted by atomic mass is 16.6. The minimum Gasteiger partial charge on any atom is -0.457 e. The molecule has 4 heteroatoms. The fourth-order valence-corrected chi connectivity index (χ4v) is 2.66. The van der Waals surface area contributed by atoms with Crippen LogP contribution in [0.25, 0.3) is 17.3 Å². The van der Waals surface area contributed by atoms with Gasteiger partial charge in [-0.2, -0.15) is 0 Å². The number of imidazole rings is 1.